The Bertz CT molecular complexity index is 658. The Kier molecular flexibility index (Phi) is 6.10. The fourth-order valence-electron chi connectivity index (χ4n) is 2.10. The van der Waals surface area contributed by atoms with E-state index in [0.717, 1.165) is 12.0 Å². The topological polar surface area (TPSA) is 88.5 Å². The summed E-state index contributed by atoms with van der Waals surface area (Å²) in [4.78, 5) is 27.1. The maximum Gasteiger partial charge on any atom is 0.305 e. The molecule has 0 radical (unpaired) electrons. The molecule has 1 atom stereocenters. The molecule has 2 rings (SSSR count). The average molecular weight is 334 g/mol. The zero-order valence-corrected chi connectivity index (χ0v) is 13.5. The van der Waals surface area contributed by atoms with Gasteiger partial charge in [-0.3, -0.25) is 9.59 Å². The van der Waals surface area contributed by atoms with Crippen LogP contribution in [0.25, 0.3) is 0 Å². The number of thiazole rings is 1. The monoisotopic (exact) mass is 334 g/mol. The van der Waals surface area contributed by atoms with Crippen molar-refractivity contribution in [1.29, 1.82) is 0 Å². The summed E-state index contributed by atoms with van der Waals surface area (Å²) in [6.45, 7) is 1.84. The molecule has 122 valence electrons. The highest BCUT2D eigenvalue weighted by Crippen LogP contribution is 2.20. The summed E-state index contributed by atoms with van der Waals surface area (Å²) in [5.74, 6) is -0.714. The van der Waals surface area contributed by atoms with E-state index in [-0.39, 0.29) is 18.9 Å². The normalized spacial score (nSPS) is 11.7. The second-order valence-corrected chi connectivity index (χ2v) is 5.76. The number of benzene rings is 1. The molecular weight excluding hydrogens is 316 g/mol. The molecule has 2 N–H and O–H groups in total. The summed E-state index contributed by atoms with van der Waals surface area (Å²) in [6.07, 6.45) is 2.17. The molecule has 0 fully saturated rings. The molecule has 6 nitrogen and oxygen atoms in total. The van der Waals surface area contributed by atoms with Gasteiger partial charge in [-0.15, -0.1) is 11.3 Å². The van der Waals surface area contributed by atoms with E-state index in [9.17, 15) is 9.59 Å². The number of nitrogens with zero attached hydrogens (tertiary/aromatic N) is 1. The molecule has 1 unspecified atom stereocenters. The van der Waals surface area contributed by atoms with Gasteiger partial charge in [0.2, 0.25) is 0 Å². The first-order valence-corrected chi connectivity index (χ1v) is 8.09. The maximum absolute atomic E-state index is 12.1. The number of carbonyl (C=O) groups is 2. The van der Waals surface area contributed by atoms with Crippen molar-refractivity contribution in [3.05, 3.63) is 46.4 Å². The Hall–Kier alpha value is -2.41. The Morgan fingerprint density at radius 1 is 1.39 bits per heavy atom. The number of aryl methyl sites for hydroxylation is 1. The maximum atomic E-state index is 12.1. The highest BCUT2D eigenvalue weighted by Gasteiger charge is 2.20. The van der Waals surface area contributed by atoms with Crippen LogP contribution in [0.5, 0.6) is 5.75 Å². The number of hydrogen-bond acceptors (Lipinski definition) is 5. The molecule has 1 aromatic heterocycles. The van der Waals surface area contributed by atoms with Crippen molar-refractivity contribution in [1.82, 2.24) is 10.3 Å². The van der Waals surface area contributed by atoms with Crippen molar-refractivity contribution in [3.8, 4) is 5.75 Å². The number of aromatic nitrogens is 1. The molecule has 23 heavy (non-hydrogen) atoms. The lowest BCUT2D eigenvalue weighted by Crippen LogP contribution is -2.33. The predicted molar refractivity (Wildman–Crippen MR) is 86.6 cm³/mol. The van der Waals surface area contributed by atoms with Gasteiger partial charge in [0, 0.05) is 11.6 Å². The minimum Gasteiger partial charge on any atom is -0.483 e. The lowest BCUT2D eigenvalue weighted by atomic mass is 10.1. The molecule has 1 amide bonds. The number of aliphatic carboxylic acids is 1. The molecule has 7 heteroatoms. The third kappa shape index (κ3) is 5.07. The number of rotatable bonds is 8. The summed E-state index contributed by atoms with van der Waals surface area (Å²) in [6, 6.07) is 6.86. The Labute approximate surface area is 138 Å². The van der Waals surface area contributed by atoms with Crippen LogP contribution in [0.15, 0.2) is 35.8 Å². The fourth-order valence-corrected chi connectivity index (χ4v) is 2.79. The third-order valence-corrected chi connectivity index (χ3v) is 4.06. The summed E-state index contributed by atoms with van der Waals surface area (Å²) in [5.41, 5.74) is 1.02. The van der Waals surface area contributed by atoms with Crippen LogP contribution < -0.4 is 10.1 Å². The van der Waals surface area contributed by atoms with E-state index in [1.54, 1.807) is 11.6 Å². The average Bonchev–Trinajstić information content (AvgIpc) is 3.06. The van der Waals surface area contributed by atoms with Crippen LogP contribution in [0.3, 0.4) is 0 Å². The molecule has 0 bridgehead atoms. The van der Waals surface area contributed by atoms with E-state index >= 15 is 0 Å². The van der Waals surface area contributed by atoms with Gasteiger partial charge in [0.25, 0.3) is 5.91 Å². The molecule has 0 saturated heterocycles. The number of nitrogens with one attached hydrogen (secondary N) is 1. The van der Waals surface area contributed by atoms with Crippen LogP contribution in [-0.2, 0) is 16.0 Å². The summed E-state index contributed by atoms with van der Waals surface area (Å²) < 4.78 is 5.54. The van der Waals surface area contributed by atoms with E-state index in [1.165, 1.54) is 11.3 Å². The van der Waals surface area contributed by atoms with Crippen molar-refractivity contribution in [2.75, 3.05) is 6.61 Å². The molecule has 1 aromatic carbocycles. The van der Waals surface area contributed by atoms with Gasteiger partial charge in [0.15, 0.2) is 6.61 Å². The van der Waals surface area contributed by atoms with Gasteiger partial charge in [0.1, 0.15) is 10.8 Å². The molecule has 0 aliphatic heterocycles. The van der Waals surface area contributed by atoms with Crippen molar-refractivity contribution in [2.24, 2.45) is 0 Å². The second kappa shape index (κ2) is 8.28. The number of carbonyl (C=O) groups excluding carboxylic acids is 1. The van der Waals surface area contributed by atoms with E-state index in [0.29, 0.717) is 10.8 Å². The van der Waals surface area contributed by atoms with Crippen molar-refractivity contribution in [2.45, 2.75) is 25.8 Å². The van der Waals surface area contributed by atoms with Gasteiger partial charge in [-0.1, -0.05) is 25.1 Å². The second-order valence-electron chi connectivity index (χ2n) is 4.84. The van der Waals surface area contributed by atoms with Crippen LogP contribution in [0, 0.1) is 0 Å². The highest BCUT2D eigenvalue weighted by molar-refractivity contribution is 7.09. The fraction of sp³-hybridized carbons (Fsp3) is 0.312. The lowest BCUT2D eigenvalue weighted by molar-refractivity contribution is -0.137. The third-order valence-electron chi connectivity index (χ3n) is 3.18. The van der Waals surface area contributed by atoms with Crippen molar-refractivity contribution < 1.29 is 19.4 Å². The number of hydrogen-bond donors (Lipinski definition) is 2. The van der Waals surface area contributed by atoms with E-state index in [1.807, 2.05) is 31.2 Å². The van der Waals surface area contributed by atoms with Crippen LogP contribution in [0.2, 0.25) is 0 Å². The van der Waals surface area contributed by atoms with E-state index in [4.69, 9.17) is 9.84 Å². The highest BCUT2D eigenvalue weighted by atomic mass is 32.1. The quantitative estimate of drug-likeness (QED) is 0.774. The van der Waals surface area contributed by atoms with Crippen LogP contribution in [0.1, 0.15) is 30.0 Å². The molecule has 0 saturated carbocycles. The molecular formula is C16H18N2O4S. The van der Waals surface area contributed by atoms with Gasteiger partial charge in [-0.2, -0.15) is 0 Å². The molecule has 0 aliphatic rings. The van der Waals surface area contributed by atoms with Gasteiger partial charge in [-0.05, 0) is 18.1 Å². The molecule has 1 heterocycles. The van der Waals surface area contributed by atoms with E-state index in [2.05, 4.69) is 10.3 Å². The zero-order valence-electron chi connectivity index (χ0n) is 12.7. The smallest absolute Gasteiger partial charge is 0.305 e. The first-order chi connectivity index (χ1) is 11.1. The first-order valence-electron chi connectivity index (χ1n) is 7.21. The number of amides is 1. The van der Waals surface area contributed by atoms with Crippen LogP contribution in [0.4, 0.5) is 0 Å². The molecule has 2 aromatic rings. The lowest BCUT2D eigenvalue weighted by Gasteiger charge is -2.15. The van der Waals surface area contributed by atoms with Crippen LogP contribution >= 0.6 is 11.3 Å². The van der Waals surface area contributed by atoms with Gasteiger partial charge in [0.05, 0.1) is 12.5 Å². The Morgan fingerprint density at radius 3 is 2.83 bits per heavy atom. The van der Waals surface area contributed by atoms with Crippen LogP contribution in [-0.4, -0.2) is 28.6 Å². The summed E-state index contributed by atoms with van der Waals surface area (Å²) >= 11 is 1.31. The predicted octanol–water partition coefficient (Wildman–Crippen LogP) is 2.42. The van der Waals surface area contributed by atoms with Gasteiger partial charge < -0.3 is 15.2 Å². The SMILES string of the molecule is CCc1ccccc1OCC(=O)NC(CC(=O)O)c1nccs1. The minimum absolute atomic E-state index is 0.168. The number of ether oxygens (including phenoxy) is 1. The molecule has 0 aliphatic carbocycles. The minimum atomic E-state index is -0.997. The van der Waals surface area contributed by atoms with Gasteiger partial charge >= 0.3 is 5.97 Å². The summed E-state index contributed by atoms with van der Waals surface area (Å²) in [5, 5.41) is 13.9. The standard InChI is InChI=1S/C16H18N2O4S/c1-2-11-5-3-4-6-13(11)22-10-14(19)18-12(9-15(20)21)16-17-7-8-23-16/h3-8,12H,2,9-10H2,1H3,(H,18,19)(H,20,21). The number of para-hydroxylation sites is 1. The first kappa shape index (κ1) is 17.0. The van der Waals surface area contributed by atoms with Crippen molar-refractivity contribution in [3.63, 3.8) is 0 Å². The number of carboxylic acid groups (broad SMARTS) is 1. The Balaban J connectivity index is 1.95. The number of carboxylic acids is 1. The zero-order chi connectivity index (χ0) is 16.7. The Morgan fingerprint density at radius 2 is 2.17 bits per heavy atom. The largest absolute Gasteiger partial charge is 0.483 e. The molecule has 0 spiro atoms. The van der Waals surface area contributed by atoms with E-state index < -0.39 is 12.0 Å². The summed E-state index contributed by atoms with van der Waals surface area (Å²) in [7, 11) is 0. The van der Waals surface area contributed by atoms with Crippen molar-refractivity contribution >= 4 is 23.2 Å². The van der Waals surface area contributed by atoms with Gasteiger partial charge in [-0.25, -0.2) is 4.98 Å².